The summed E-state index contributed by atoms with van der Waals surface area (Å²) in [5, 5.41) is 1.92. The highest BCUT2D eigenvalue weighted by Gasteiger charge is 2.18. The number of thiazole rings is 1. The van der Waals surface area contributed by atoms with Crippen LogP contribution in [0.5, 0.6) is 0 Å². The van der Waals surface area contributed by atoms with Crippen molar-refractivity contribution in [1.29, 1.82) is 0 Å². The van der Waals surface area contributed by atoms with Crippen molar-refractivity contribution in [2.24, 2.45) is 17.0 Å². The number of amidine groups is 1. The first-order valence-corrected chi connectivity index (χ1v) is 9.57. The summed E-state index contributed by atoms with van der Waals surface area (Å²) < 4.78 is 2.06. The monoisotopic (exact) mass is 403 g/mol. The third-order valence-electron chi connectivity index (χ3n) is 4.29. The fourth-order valence-corrected chi connectivity index (χ4v) is 4.01. The third-order valence-corrected chi connectivity index (χ3v) is 5.50. The van der Waals surface area contributed by atoms with Crippen molar-refractivity contribution in [3.63, 3.8) is 0 Å². The minimum atomic E-state index is 0.512. The zero-order valence-electron chi connectivity index (χ0n) is 16.6. The number of fused-ring (bicyclic) bond motifs is 1. The number of aromatic nitrogens is 5. The summed E-state index contributed by atoms with van der Waals surface area (Å²) in [4.78, 5) is 26.9. The summed E-state index contributed by atoms with van der Waals surface area (Å²) >= 11 is 1.58. The lowest BCUT2D eigenvalue weighted by Gasteiger charge is -2.07. The van der Waals surface area contributed by atoms with Gasteiger partial charge in [-0.05, 0) is 25.8 Å². The predicted molar refractivity (Wildman–Crippen MR) is 121 cm³/mol. The largest absolute Gasteiger partial charge is 0.350 e. The van der Waals surface area contributed by atoms with Gasteiger partial charge in [0, 0.05) is 43.6 Å². The molecule has 8 heteroatoms. The number of nitrogens with zero attached hydrogens (tertiary/aromatic N) is 7. The number of aliphatic imine (C=N–C) groups is 2. The van der Waals surface area contributed by atoms with E-state index in [1.165, 1.54) is 6.33 Å². The maximum atomic E-state index is 4.86. The summed E-state index contributed by atoms with van der Waals surface area (Å²) in [6, 6.07) is 4.05. The molecular weight excluding hydrogens is 382 g/mol. The summed E-state index contributed by atoms with van der Waals surface area (Å²) in [5.41, 5.74) is 4.41. The van der Waals surface area contributed by atoms with Crippen LogP contribution in [0.25, 0.3) is 32.0 Å². The Morgan fingerprint density at radius 3 is 2.55 bits per heavy atom. The van der Waals surface area contributed by atoms with Gasteiger partial charge in [0.2, 0.25) is 0 Å². The molecule has 0 saturated carbocycles. The Bertz CT molecular complexity index is 1190. The van der Waals surface area contributed by atoms with E-state index >= 15 is 0 Å². The van der Waals surface area contributed by atoms with E-state index in [1.54, 1.807) is 30.8 Å². The van der Waals surface area contributed by atoms with Gasteiger partial charge in [-0.3, -0.25) is 4.99 Å². The Kier molecular flexibility index (Phi) is 6.04. The van der Waals surface area contributed by atoms with Gasteiger partial charge in [-0.2, -0.15) is 0 Å². The molecule has 0 aliphatic rings. The Labute approximate surface area is 173 Å². The van der Waals surface area contributed by atoms with Gasteiger partial charge in [-0.1, -0.05) is 0 Å². The van der Waals surface area contributed by atoms with Crippen LogP contribution in [0.4, 0.5) is 0 Å². The molecule has 0 saturated heterocycles. The average Bonchev–Trinajstić information content (AvgIpc) is 3.34. The minimum absolute atomic E-state index is 0.512. The highest BCUT2D eigenvalue weighted by molar-refractivity contribution is 7.18. The van der Waals surface area contributed by atoms with Crippen LogP contribution in [0.3, 0.4) is 0 Å². The molecule has 4 rings (SSSR count). The van der Waals surface area contributed by atoms with Crippen molar-refractivity contribution < 1.29 is 0 Å². The van der Waals surface area contributed by atoms with Gasteiger partial charge in [0.15, 0.2) is 5.84 Å². The second-order valence-electron chi connectivity index (χ2n) is 5.98. The van der Waals surface area contributed by atoms with Crippen LogP contribution < -0.4 is 0 Å². The van der Waals surface area contributed by atoms with E-state index < -0.39 is 0 Å². The average molecular weight is 404 g/mol. The molecular formula is C21H21N7S. The summed E-state index contributed by atoms with van der Waals surface area (Å²) in [6.45, 7) is 11.6. The Morgan fingerprint density at radius 1 is 1.17 bits per heavy atom. The fourth-order valence-electron chi connectivity index (χ4n) is 2.97. The molecule has 0 aromatic carbocycles. The normalized spacial score (nSPS) is 11.2. The molecule has 0 spiro atoms. The van der Waals surface area contributed by atoms with Crippen LogP contribution in [-0.2, 0) is 7.05 Å². The lowest BCUT2D eigenvalue weighted by molar-refractivity contribution is 0.968. The van der Waals surface area contributed by atoms with Gasteiger partial charge in [-0.15, -0.1) is 24.5 Å². The van der Waals surface area contributed by atoms with Crippen LogP contribution in [0.1, 0.15) is 11.4 Å². The molecule has 4 aromatic rings. The smallest absolute Gasteiger partial charge is 0.172 e. The summed E-state index contributed by atoms with van der Waals surface area (Å²) in [7, 11) is 3.69. The molecule has 4 heterocycles. The van der Waals surface area contributed by atoms with Crippen LogP contribution in [0.2, 0.25) is 0 Å². The molecule has 7 nitrogen and oxygen atoms in total. The van der Waals surface area contributed by atoms with Crippen molar-refractivity contribution in [3.8, 4) is 21.1 Å². The molecule has 0 fully saturated rings. The molecule has 146 valence electrons. The molecule has 0 radical (unpaired) electrons. The van der Waals surface area contributed by atoms with Crippen LogP contribution in [0, 0.1) is 6.92 Å². The highest BCUT2D eigenvalue weighted by atomic mass is 32.1. The van der Waals surface area contributed by atoms with E-state index in [1.807, 2.05) is 26.2 Å². The molecule has 0 amide bonds. The van der Waals surface area contributed by atoms with Gasteiger partial charge in [-0.25, -0.2) is 24.9 Å². The molecule has 4 aromatic heterocycles. The van der Waals surface area contributed by atoms with E-state index in [4.69, 9.17) is 9.97 Å². The predicted octanol–water partition coefficient (Wildman–Crippen LogP) is 4.34. The van der Waals surface area contributed by atoms with E-state index in [0.717, 1.165) is 37.7 Å². The lowest BCUT2D eigenvalue weighted by Crippen LogP contribution is -2.02. The minimum Gasteiger partial charge on any atom is -0.350 e. The quantitative estimate of drug-likeness (QED) is 0.289. The second-order valence-corrected chi connectivity index (χ2v) is 6.98. The Balaban J connectivity index is 0.00000117. The zero-order chi connectivity index (χ0) is 21.0. The van der Waals surface area contributed by atoms with Gasteiger partial charge < -0.3 is 4.57 Å². The second kappa shape index (κ2) is 8.66. The number of hydrogen-bond donors (Lipinski definition) is 0. The van der Waals surface area contributed by atoms with Crippen LogP contribution in [0.15, 0.2) is 60.2 Å². The first-order valence-electron chi connectivity index (χ1n) is 8.75. The SMILES string of the molecule is C=C.C=NC(=NC)c1cc2c(ccn2C)c(-c2sc(-c3cncnc3)nc2C)n1. The number of hydrogen-bond acceptors (Lipinski definition) is 6. The Hall–Kier alpha value is -3.52. The van der Waals surface area contributed by atoms with Crippen molar-refractivity contribution in [2.45, 2.75) is 6.92 Å². The van der Waals surface area contributed by atoms with Crippen molar-refractivity contribution >= 4 is 34.8 Å². The van der Waals surface area contributed by atoms with Crippen molar-refractivity contribution in [1.82, 2.24) is 24.5 Å². The molecule has 0 N–H and O–H groups in total. The third kappa shape index (κ3) is 3.74. The van der Waals surface area contributed by atoms with Crippen molar-refractivity contribution in [2.75, 3.05) is 7.05 Å². The molecule has 0 aliphatic carbocycles. The van der Waals surface area contributed by atoms with Gasteiger partial charge in [0.1, 0.15) is 17.0 Å². The molecule has 0 unspecified atom stereocenters. The van der Waals surface area contributed by atoms with Crippen LogP contribution in [-0.4, -0.2) is 44.1 Å². The first kappa shape index (κ1) is 20.2. The Morgan fingerprint density at radius 2 is 1.90 bits per heavy atom. The van der Waals surface area contributed by atoms with E-state index in [-0.39, 0.29) is 0 Å². The zero-order valence-corrected chi connectivity index (χ0v) is 17.4. The number of pyridine rings is 1. The first-order chi connectivity index (χ1) is 14.1. The highest BCUT2D eigenvalue weighted by Crippen LogP contribution is 2.37. The van der Waals surface area contributed by atoms with Crippen LogP contribution >= 0.6 is 11.3 Å². The van der Waals surface area contributed by atoms with E-state index in [0.29, 0.717) is 11.5 Å². The van der Waals surface area contributed by atoms with Gasteiger partial charge in [0.05, 0.1) is 21.8 Å². The molecule has 0 aliphatic heterocycles. The molecule has 29 heavy (non-hydrogen) atoms. The maximum absolute atomic E-state index is 4.86. The maximum Gasteiger partial charge on any atom is 0.172 e. The fraction of sp³-hybridized carbons (Fsp3) is 0.143. The topological polar surface area (TPSA) is 81.2 Å². The number of rotatable bonds is 3. The van der Waals surface area contributed by atoms with Crippen molar-refractivity contribution in [3.05, 3.63) is 61.6 Å². The standard InChI is InChI=1S/C19H17N7S.C2H4/c1-11-17(27-19(24-11)12-8-22-10-23-9-12)16-13-5-6-26(4)15(13)7-14(25-16)18(20-2)21-3;1-2/h5-10H,2H2,1,3-4H3;1-2H2. The van der Waals surface area contributed by atoms with Gasteiger partial charge in [0.25, 0.3) is 0 Å². The van der Waals surface area contributed by atoms with E-state index in [2.05, 4.69) is 50.5 Å². The molecule has 0 atom stereocenters. The number of aryl methyl sites for hydroxylation is 2. The summed E-state index contributed by atoms with van der Waals surface area (Å²) in [5.74, 6) is 0.512. The molecule has 0 bridgehead atoms. The van der Waals surface area contributed by atoms with E-state index in [9.17, 15) is 0 Å². The lowest BCUT2D eigenvalue weighted by atomic mass is 10.1. The summed E-state index contributed by atoms with van der Waals surface area (Å²) in [6.07, 6.45) is 7.06. The van der Waals surface area contributed by atoms with Gasteiger partial charge >= 0.3 is 0 Å².